The molecule has 9 heteroatoms. The van der Waals surface area contributed by atoms with Gasteiger partial charge in [0.1, 0.15) is 17.4 Å². The lowest BCUT2D eigenvalue weighted by molar-refractivity contribution is -0.127. The van der Waals surface area contributed by atoms with Gasteiger partial charge in [-0.3, -0.25) is 14.4 Å². The molecule has 8 nitrogen and oxygen atoms in total. The van der Waals surface area contributed by atoms with Gasteiger partial charge in [0.15, 0.2) is 0 Å². The molecule has 1 aromatic carbocycles. The van der Waals surface area contributed by atoms with E-state index in [1.54, 1.807) is 6.20 Å². The Kier molecular flexibility index (Phi) is 4.19. The lowest BCUT2D eigenvalue weighted by atomic mass is 10.0. The van der Waals surface area contributed by atoms with Gasteiger partial charge < -0.3 is 20.2 Å². The number of imidazole rings is 1. The fourth-order valence-corrected chi connectivity index (χ4v) is 3.29. The standard InChI is InChI=1S/C18H16FN5O3/c19-13-3-1-2-11-15(13)22-8-12(16(11)25)18(27)24-5-4-21-17(26)14(24)6-10-7-20-9-23-10/h1-3,7-9,14H,4-6H2,(H,20,23)(H,21,26)(H,22,25)/t14-/m0/s1. The van der Waals surface area contributed by atoms with Crippen molar-refractivity contribution < 1.29 is 14.0 Å². The Labute approximate surface area is 152 Å². The zero-order chi connectivity index (χ0) is 19.0. The minimum atomic E-state index is -0.769. The number of hydrogen-bond acceptors (Lipinski definition) is 4. The number of nitrogens with one attached hydrogen (secondary N) is 3. The molecule has 1 aliphatic rings. The van der Waals surface area contributed by atoms with Crippen molar-refractivity contribution in [3.63, 3.8) is 0 Å². The summed E-state index contributed by atoms with van der Waals surface area (Å²) in [6.07, 6.45) is 4.52. The fourth-order valence-electron chi connectivity index (χ4n) is 3.29. The summed E-state index contributed by atoms with van der Waals surface area (Å²) in [7, 11) is 0. The number of benzene rings is 1. The summed E-state index contributed by atoms with van der Waals surface area (Å²) in [4.78, 5) is 49.0. The monoisotopic (exact) mass is 369 g/mol. The van der Waals surface area contributed by atoms with Gasteiger partial charge in [-0.05, 0) is 12.1 Å². The summed E-state index contributed by atoms with van der Waals surface area (Å²) in [6.45, 7) is 0.564. The van der Waals surface area contributed by atoms with E-state index in [1.165, 1.54) is 35.6 Å². The van der Waals surface area contributed by atoms with Crippen molar-refractivity contribution in [2.75, 3.05) is 13.1 Å². The highest BCUT2D eigenvalue weighted by Gasteiger charge is 2.35. The lowest BCUT2D eigenvalue weighted by Gasteiger charge is -2.34. The van der Waals surface area contributed by atoms with E-state index in [4.69, 9.17) is 0 Å². The number of piperazine rings is 1. The van der Waals surface area contributed by atoms with Gasteiger partial charge >= 0.3 is 0 Å². The number of nitrogens with zero attached hydrogens (tertiary/aromatic N) is 2. The van der Waals surface area contributed by atoms with Crippen LogP contribution in [0.2, 0.25) is 0 Å². The maximum absolute atomic E-state index is 13.9. The van der Waals surface area contributed by atoms with Crippen molar-refractivity contribution in [1.82, 2.24) is 25.2 Å². The average Bonchev–Trinajstić information content (AvgIpc) is 3.17. The van der Waals surface area contributed by atoms with Crippen molar-refractivity contribution in [3.8, 4) is 0 Å². The number of H-pyrrole nitrogens is 2. The van der Waals surface area contributed by atoms with Crippen molar-refractivity contribution in [1.29, 1.82) is 0 Å². The number of amides is 2. The van der Waals surface area contributed by atoms with E-state index in [0.717, 1.165) is 0 Å². The number of halogens is 1. The molecule has 3 N–H and O–H groups in total. The van der Waals surface area contributed by atoms with Gasteiger partial charge in [-0.15, -0.1) is 0 Å². The van der Waals surface area contributed by atoms with Gasteiger partial charge in [0.05, 0.1) is 11.8 Å². The predicted molar refractivity (Wildman–Crippen MR) is 94.7 cm³/mol. The molecule has 0 unspecified atom stereocenters. The Bertz CT molecular complexity index is 1080. The average molecular weight is 369 g/mol. The molecule has 0 aliphatic carbocycles. The highest BCUT2D eigenvalue weighted by Crippen LogP contribution is 2.16. The number of rotatable bonds is 3. The molecule has 3 heterocycles. The smallest absolute Gasteiger partial charge is 0.260 e. The number of para-hydroxylation sites is 1. The first-order chi connectivity index (χ1) is 13.1. The number of pyridine rings is 1. The van der Waals surface area contributed by atoms with Crippen LogP contribution in [0.1, 0.15) is 16.1 Å². The van der Waals surface area contributed by atoms with E-state index in [2.05, 4.69) is 20.3 Å². The minimum Gasteiger partial charge on any atom is -0.358 e. The summed E-state index contributed by atoms with van der Waals surface area (Å²) in [5.41, 5.74) is 0.0470. The zero-order valence-electron chi connectivity index (χ0n) is 14.2. The van der Waals surface area contributed by atoms with Crippen LogP contribution >= 0.6 is 0 Å². The number of hydrogen-bond donors (Lipinski definition) is 3. The van der Waals surface area contributed by atoms with Gasteiger partial charge in [-0.2, -0.15) is 0 Å². The highest BCUT2D eigenvalue weighted by molar-refractivity contribution is 6.00. The van der Waals surface area contributed by atoms with Crippen LogP contribution in [-0.2, 0) is 11.2 Å². The predicted octanol–water partition coefficient (Wildman–Crippen LogP) is 0.574. The second-order valence-corrected chi connectivity index (χ2v) is 6.28. The summed E-state index contributed by atoms with van der Waals surface area (Å²) in [5.74, 6) is -1.44. The van der Waals surface area contributed by atoms with Crippen LogP contribution in [-0.4, -0.2) is 50.8 Å². The molecule has 1 fully saturated rings. The lowest BCUT2D eigenvalue weighted by Crippen LogP contribution is -2.58. The maximum Gasteiger partial charge on any atom is 0.260 e. The number of aromatic nitrogens is 3. The largest absolute Gasteiger partial charge is 0.358 e. The molecular formula is C18H16FN5O3. The summed E-state index contributed by atoms with van der Waals surface area (Å²) in [6, 6.07) is 3.33. The van der Waals surface area contributed by atoms with Crippen LogP contribution in [0.3, 0.4) is 0 Å². The van der Waals surface area contributed by atoms with Gasteiger partial charge in [0.25, 0.3) is 5.91 Å². The van der Waals surface area contributed by atoms with Crippen LogP contribution < -0.4 is 10.7 Å². The van der Waals surface area contributed by atoms with Gasteiger partial charge in [-0.1, -0.05) is 6.07 Å². The molecule has 0 bridgehead atoms. The van der Waals surface area contributed by atoms with Crippen LogP contribution in [0, 0.1) is 5.82 Å². The zero-order valence-corrected chi connectivity index (χ0v) is 14.2. The van der Waals surface area contributed by atoms with Crippen LogP contribution in [0.25, 0.3) is 10.9 Å². The Morgan fingerprint density at radius 2 is 2.15 bits per heavy atom. The van der Waals surface area contributed by atoms with E-state index >= 15 is 0 Å². The number of fused-ring (bicyclic) bond motifs is 1. The Morgan fingerprint density at radius 1 is 1.30 bits per heavy atom. The third-order valence-corrected chi connectivity index (χ3v) is 4.65. The second-order valence-electron chi connectivity index (χ2n) is 6.28. The molecule has 27 heavy (non-hydrogen) atoms. The SMILES string of the molecule is O=C1NCCN(C(=O)c2c[nH]c3c(F)cccc3c2=O)[C@H]1Cc1cnc[nH]1. The van der Waals surface area contributed by atoms with Crippen LogP contribution in [0.4, 0.5) is 4.39 Å². The van der Waals surface area contributed by atoms with E-state index < -0.39 is 23.2 Å². The van der Waals surface area contributed by atoms with E-state index in [-0.39, 0.29) is 35.3 Å². The van der Waals surface area contributed by atoms with E-state index in [1.807, 2.05) is 0 Å². The topological polar surface area (TPSA) is 111 Å². The molecule has 2 aromatic heterocycles. The highest BCUT2D eigenvalue weighted by atomic mass is 19.1. The van der Waals surface area contributed by atoms with Crippen molar-refractivity contribution >= 4 is 22.7 Å². The molecule has 4 rings (SSSR count). The van der Waals surface area contributed by atoms with E-state index in [0.29, 0.717) is 12.2 Å². The van der Waals surface area contributed by atoms with Crippen molar-refractivity contribution in [3.05, 3.63) is 64.2 Å². The third-order valence-electron chi connectivity index (χ3n) is 4.65. The molecule has 1 saturated heterocycles. The normalized spacial score (nSPS) is 17.1. The number of carbonyl (C=O) groups excluding carboxylic acids is 2. The quantitative estimate of drug-likeness (QED) is 0.627. The molecule has 1 aliphatic heterocycles. The molecular weight excluding hydrogens is 353 g/mol. The first-order valence-corrected chi connectivity index (χ1v) is 8.42. The van der Waals surface area contributed by atoms with Crippen LogP contribution in [0.15, 0.2) is 41.7 Å². The first kappa shape index (κ1) is 17.0. The molecule has 0 saturated carbocycles. The van der Waals surface area contributed by atoms with Gasteiger partial charge in [0.2, 0.25) is 11.3 Å². The molecule has 138 valence electrons. The van der Waals surface area contributed by atoms with Crippen molar-refractivity contribution in [2.45, 2.75) is 12.5 Å². The third kappa shape index (κ3) is 2.97. The number of aromatic amines is 2. The Balaban J connectivity index is 1.72. The molecule has 0 radical (unpaired) electrons. The summed E-state index contributed by atoms with van der Waals surface area (Å²) in [5, 5.41) is 2.82. The molecule has 3 aromatic rings. The molecule has 2 amide bonds. The molecule has 0 spiro atoms. The van der Waals surface area contributed by atoms with Crippen LogP contribution in [0.5, 0.6) is 0 Å². The molecule has 1 atom stereocenters. The van der Waals surface area contributed by atoms with Gasteiger partial charge in [0, 0.05) is 43.0 Å². The minimum absolute atomic E-state index is 0.0458. The maximum atomic E-state index is 13.9. The fraction of sp³-hybridized carbons (Fsp3) is 0.222. The second kappa shape index (κ2) is 6.67. The number of carbonyl (C=O) groups is 2. The van der Waals surface area contributed by atoms with Crippen molar-refractivity contribution in [2.24, 2.45) is 0 Å². The summed E-state index contributed by atoms with van der Waals surface area (Å²) >= 11 is 0. The Morgan fingerprint density at radius 3 is 2.93 bits per heavy atom. The first-order valence-electron chi connectivity index (χ1n) is 8.42. The van der Waals surface area contributed by atoms with Gasteiger partial charge in [-0.25, -0.2) is 9.37 Å². The summed E-state index contributed by atoms with van der Waals surface area (Å²) < 4.78 is 13.9. The van der Waals surface area contributed by atoms with E-state index in [9.17, 15) is 18.8 Å². The Hall–Kier alpha value is -3.49.